The normalized spacial score (nSPS) is 16.4. The smallest absolute Gasteiger partial charge is 0.246 e. The lowest BCUT2D eigenvalue weighted by atomic mass is 10.0. The van der Waals surface area contributed by atoms with Crippen LogP contribution in [0.5, 0.6) is 0 Å². The molecular weight excluding hydrogens is 312 g/mol. The highest BCUT2D eigenvalue weighted by Gasteiger charge is 2.23. The van der Waals surface area contributed by atoms with E-state index in [0.717, 1.165) is 43.7 Å². The molecule has 0 unspecified atom stereocenters. The fourth-order valence-corrected chi connectivity index (χ4v) is 3.23. The van der Waals surface area contributed by atoms with Gasteiger partial charge in [0.15, 0.2) is 0 Å². The predicted octanol–water partition coefficient (Wildman–Crippen LogP) is 2.83. The van der Waals surface area contributed by atoms with Gasteiger partial charge in [0.25, 0.3) is 0 Å². The maximum absolute atomic E-state index is 12.4. The fraction of sp³-hybridized carbons (Fsp3) is 0.400. The van der Waals surface area contributed by atoms with Crippen LogP contribution in [0.1, 0.15) is 25.3 Å². The molecule has 3 rings (SSSR count). The van der Waals surface area contributed by atoms with Gasteiger partial charge in [0, 0.05) is 44.0 Å². The molecule has 1 saturated heterocycles. The van der Waals surface area contributed by atoms with Crippen LogP contribution in [0.3, 0.4) is 0 Å². The van der Waals surface area contributed by atoms with E-state index in [1.165, 1.54) is 0 Å². The third-order valence-corrected chi connectivity index (χ3v) is 4.94. The second-order valence-corrected chi connectivity index (χ2v) is 6.50. The third-order valence-electron chi connectivity index (χ3n) is 4.94. The van der Waals surface area contributed by atoms with Gasteiger partial charge in [0.05, 0.1) is 11.9 Å². The molecular formula is C20H26N4O. The standard InChI is InChI=1S/C20H26N4O/c1-3-23-13-11-18(12-14-23)22(2)20(25)10-9-17-15-21-24(16-17)19-7-5-4-6-8-19/h4-10,15-16,18H,3,11-14H2,1-2H3/b10-9+. The summed E-state index contributed by atoms with van der Waals surface area (Å²) in [7, 11) is 1.91. The molecule has 5 nitrogen and oxygen atoms in total. The molecule has 0 spiro atoms. The van der Waals surface area contributed by atoms with Gasteiger partial charge in [-0.3, -0.25) is 4.79 Å². The molecule has 1 aromatic carbocycles. The number of carbonyl (C=O) groups excluding carboxylic acids is 1. The topological polar surface area (TPSA) is 41.4 Å². The van der Waals surface area contributed by atoms with Crippen molar-refractivity contribution in [3.05, 3.63) is 54.4 Å². The number of likely N-dealkylation sites (N-methyl/N-ethyl adjacent to an activating group) is 1. The largest absolute Gasteiger partial charge is 0.339 e. The number of benzene rings is 1. The highest BCUT2D eigenvalue weighted by atomic mass is 16.2. The van der Waals surface area contributed by atoms with Crippen LogP contribution >= 0.6 is 0 Å². The zero-order valence-electron chi connectivity index (χ0n) is 15.0. The predicted molar refractivity (Wildman–Crippen MR) is 101 cm³/mol. The first-order chi connectivity index (χ1) is 12.2. The number of rotatable bonds is 5. The van der Waals surface area contributed by atoms with Gasteiger partial charge < -0.3 is 9.80 Å². The van der Waals surface area contributed by atoms with E-state index in [9.17, 15) is 4.79 Å². The van der Waals surface area contributed by atoms with Crippen molar-refractivity contribution >= 4 is 12.0 Å². The van der Waals surface area contributed by atoms with Crippen LogP contribution in [0.25, 0.3) is 11.8 Å². The van der Waals surface area contributed by atoms with E-state index in [4.69, 9.17) is 0 Å². The number of piperidine rings is 1. The van der Waals surface area contributed by atoms with Crippen molar-refractivity contribution in [2.45, 2.75) is 25.8 Å². The van der Waals surface area contributed by atoms with Crippen molar-refractivity contribution in [3.8, 4) is 5.69 Å². The van der Waals surface area contributed by atoms with Crippen LogP contribution in [0.4, 0.5) is 0 Å². The lowest BCUT2D eigenvalue weighted by molar-refractivity contribution is -0.127. The summed E-state index contributed by atoms with van der Waals surface area (Å²) in [6.45, 7) is 5.43. The van der Waals surface area contributed by atoms with E-state index in [1.807, 2.05) is 59.2 Å². The van der Waals surface area contributed by atoms with Crippen molar-refractivity contribution in [2.75, 3.05) is 26.7 Å². The summed E-state index contributed by atoms with van der Waals surface area (Å²) in [5.41, 5.74) is 1.93. The molecule has 0 aliphatic carbocycles. The first-order valence-electron chi connectivity index (χ1n) is 8.94. The van der Waals surface area contributed by atoms with Crippen molar-refractivity contribution in [3.63, 3.8) is 0 Å². The second kappa shape index (κ2) is 8.12. The monoisotopic (exact) mass is 338 g/mol. The summed E-state index contributed by atoms with van der Waals surface area (Å²) in [6.07, 6.45) is 9.30. The van der Waals surface area contributed by atoms with E-state index >= 15 is 0 Å². The van der Waals surface area contributed by atoms with Gasteiger partial charge in [0.1, 0.15) is 0 Å². The molecule has 25 heavy (non-hydrogen) atoms. The Kier molecular flexibility index (Phi) is 5.66. The Morgan fingerprint density at radius 1 is 1.28 bits per heavy atom. The summed E-state index contributed by atoms with van der Waals surface area (Å²) >= 11 is 0. The first kappa shape index (κ1) is 17.4. The number of hydrogen-bond donors (Lipinski definition) is 0. The van der Waals surface area contributed by atoms with Gasteiger partial charge in [0.2, 0.25) is 5.91 Å². The number of amides is 1. The third kappa shape index (κ3) is 4.37. The Morgan fingerprint density at radius 3 is 2.68 bits per heavy atom. The molecule has 0 atom stereocenters. The Labute approximate surface area is 149 Å². The van der Waals surface area contributed by atoms with E-state index < -0.39 is 0 Å². The zero-order chi connectivity index (χ0) is 17.6. The number of hydrogen-bond acceptors (Lipinski definition) is 3. The minimum absolute atomic E-state index is 0.0578. The molecule has 1 amide bonds. The van der Waals surface area contributed by atoms with Crippen LogP contribution in [-0.2, 0) is 4.79 Å². The van der Waals surface area contributed by atoms with Gasteiger partial charge >= 0.3 is 0 Å². The van der Waals surface area contributed by atoms with Gasteiger partial charge in [-0.15, -0.1) is 0 Å². The summed E-state index contributed by atoms with van der Waals surface area (Å²) in [5.74, 6) is 0.0578. The SMILES string of the molecule is CCN1CCC(N(C)C(=O)/C=C/c2cnn(-c3ccccc3)c2)CC1. The highest BCUT2D eigenvalue weighted by Crippen LogP contribution is 2.16. The second-order valence-electron chi connectivity index (χ2n) is 6.50. The summed E-state index contributed by atoms with van der Waals surface area (Å²) in [6, 6.07) is 10.3. The van der Waals surface area contributed by atoms with Crippen LogP contribution in [-0.4, -0.2) is 58.2 Å². The molecule has 0 N–H and O–H groups in total. The number of nitrogens with zero attached hydrogens (tertiary/aromatic N) is 4. The molecule has 0 bridgehead atoms. The van der Waals surface area contributed by atoms with Crippen molar-refractivity contribution in [1.29, 1.82) is 0 Å². The van der Waals surface area contributed by atoms with Gasteiger partial charge in [-0.25, -0.2) is 4.68 Å². The van der Waals surface area contributed by atoms with Crippen molar-refractivity contribution in [2.24, 2.45) is 0 Å². The summed E-state index contributed by atoms with van der Waals surface area (Å²) < 4.78 is 1.81. The van der Waals surface area contributed by atoms with Crippen LogP contribution in [0.2, 0.25) is 0 Å². The molecule has 132 valence electrons. The Balaban J connectivity index is 1.58. The number of likely N-dealkylation sites (tertiary alicyclic amines) is 1. The van der Waals surface area contributed by atoms with Crippen molar-refractivity contribution < 1.29 is 4.79 Å². The minimum atomic E-state index is 0.0578. The van der Waals surface area contributed by atoms with E-state index in [1.54, 1.807) is 12.3 Å². The molecule has 0 saturated carbocycles. The van der Waals surface area contributed by atoms with Crippen LogP contribution in [0, 0.1) is 0 Å². The molecule has 2 heterocycles. The summed E-state index contributed by atoms with van der Waals surface area (Å²) in [5, 5.41) is 4.35. The first-order valence-corrected chi connectivity index (χ1v) is 8.94. The number of aromatic nitrogens is 2. The van der Waals surface area contributed by atoms with Gasteiger partial charge in [-0.1, -0.05) is 25.1 Å². The van der Waals surface area contributed by atoms with Crippen LogP contribution in [0.15, 0.2) is 48.8 Å². The Bertz CT molecular complexity index is 714. The molecule has 1 aromatic heterocycles. The summed E-state index contributed by atoms with van der Waals surface area (Å²) in [4.78, 5) is 16.8. The maximum atomic E-state index is 12.4. The molecule has 2 aromatic rings. The van der Waals surface area contributed by atoms with E-state index in [-0.39, 0.29) is 5.91 Å². The maximum Gasteiger partial charge on any atom is 0.246 e. The number of carbonyl (C=O) groups is 1. The Hall–Kier alpha value is -2.40. The molecule has 1 aliphatic heterocycles. The lowest BCUT2D eigenvalue weighted by Crippen LogP contribution is -2.45. The molecule has 5 heteroatoms. The highest BCUT2D eigenvalue weighted by molar-refractivity contribution is 5.91. The quantitative estimate of drug-likeness (QED) is 0.787. The minimum Gasteiger partial charge on any atom is -0.339 e. The Morgan fingerprint density at radius 2 is 2.00 bits per heavy atom. The van der Waals surface area contributed by atoms with E-state index in [2.05, 4.69) is 16.9 Å². The van der Waals surface area contributed by atoms with E-state index in [0.29, 0.717) is 6.04 Å². The lowest BCUT2D eigenvalue weighted by Gasteiger charge is -2.35. The molecule has 1 aliphatic rings. The van der Waals surface area contributed by atoms with Crippen molar-refractivity contribution in [1.82, 2.24) is 19.6 Å². The van der Waals surface area contributed by atoms with Gasteiger partial charge in [-0.2, -0.15) is 5.10 Å². The average molecular weight is 338 g/mol. The zero-order valence-corrected chi connectivity index (χ0v) is 15.0. The molecule has 0 radical (unpaired) electrons. The number of para-hydroxylation sites is 1. The fourth-order valence-electron chi connectivity index (χ4n) is 3.23. The van der Waals surface area contributed by atoms with Gasteiger partial charge in [-0.05, 0) is 37.6 Å². The molecule has 1 fully saturated rings. The van der Waals surface area contributed by atoms with Crippen LogP contribution < -0.4 is 0 Å². The average Bonchev–Trinajstić information content (AvgIpc) is 3.15.